The first-order valence-electron chi connectivity index (χ1n) is 51.0. The van der Waals surface area contributed by atoms with Gasteiger partial charge in [0, 0.05) is 54.8 Å². The maximum Gasteiger partial charge on any atom is 0.231 e. The summed E-state index contributed by atoms with van der Waals surface area (Å²) < 4.78 is 53.7. The number of pyridine rings is 2. The van der Waals surface area contributed by atoms with E-state index < -0.39 is 0 Å². The Bertz CT molecular complexity index is 7420. The lowest BCUT2D eigenvalue weighted by atomic mass is 9.87. The van der Waals surface area contributed by atoms with Crippen LogP contribution in [-0.4, -0.2) is 98.5 Å². The average Bonchev–Trinajstić information content (AvgIpc) is 1.63. The molecule has 0 bridgehead atoms. The van der Waals surface area contributed by atoms with Gasteiger partial charge in [-0.15, -0.1) is 0 Å². The molecule has 0 aliphatic heterocycles. The fourth-order valence-corrected chi connectivity index (χ4v) is 16.8. The van der Waals surface area contributed by atoms with Crippen LogP contribution in [-0.2, 0) is 42.5 Å². The number of oxazole rings is 5. The molecule has 18 rings (SSSR count). The van der Waals surface area contributed by atoms with Crippen molar-refractivity contribution >= 4 is 73.2 Å². The van der Waals surface area contributed by atoms with Crippen molar-refractivity contribution in [2.45, 2.75) is 252 Å². The van der Waals surface area contributed by atoms with Gasteiger partial charge in [-0.1, -0.05) is 227 Å². The third-order valence-corrected chi connectivity index (χ3v) is 25.7. The summed E-state index contributed by atoms with van der Waals surface area (Å²) in [5, 5.41) is 49.7. The van der Waals surface area contributed by atoms with Crippen LogP contribution >= 0.6 is 0 Å². The van der Waals surface area contributed by atoms with Gasteiger partial charge in [0.25, 0.3) is 0 Å². The molecule has 0 atom stereocenters. The van der Waals surface area contributed by atoms with Gasteiger partial charge < -0.3 is 78.0 Å². The van der Waals surface area contributed by atoms with Gasteiger partial charge in [-0.25, -0.2) is 24.9 Å². The number of aromatic nitrogens is 7. The van der Waals surface area contributed by atoms with Gasteiger partial charge in [0.1, 0.15) is 73.6 Å². The SMILES string of the molecule is C.CC(C)(C)c1ccc(O)c(N)c1.CC(C)(C)c1ccc2oc(-c3cc(O)c(-c4nc5c(CN(Cc6ccccn6)Cc6ccccn6)cccc5o4)cc3O)nc2c1.CCCCCCOc1cc(-c2nc3c(C)cccc3o2)c(C)cc1-c1nc2cc(C(C)(C)C)ccc2o1.CCCCCCOc1cc(-c2nc3c(C)cccc3o2)c(C)cc1C=O.CCCCCCOc1cc(OC)c(C)cc1CO.Cc1cccc(O)c1N. The largest absolute Gasteiger partial charge is 0.507 e. The molecule has 0 unspecified atom stereocenters. The number of unbranched alkanes of at least 4 members (excludes halogenated alkanes) is 9. The molecule has 0 fully saturated rings. The minimum absolute atomic E-state index is 0. The van der Waals surface area contributed by atoms with Crippen molar-refractivity contribution in [2.75, 3.05) is 38.4 Å². The number of hydrogen-bond acceptors (Lipinski definition) is 25. The molecule has 25 nitrogen and oxygen atoms in total. The molecular formula is C124H146N10O15. The second kappa shape index (κ2) is 51.8. The van der Waals surface area contributed by atoms with Crippen molar-refractivity contribution in [3.63, 3.8) is 0 Å². The second-order valence-corrected chi connectivity index (χ2v) is 40.6. The van der Waals surface area contributed by atoms with E-state index in [0.717, 1.165) is 173 Å². The number of phenolic OH excluding ortho intramolecular Hbond substituents is 4. The molecule has 149 heavy (non-hydrogen) atoms. The predicted octanol–water partition coefficient (Wildman–Crippen LogP) is 30.7. The smallest absolute Gasteiger partial charge is 0.231 e. The molecule has 11 aromatic carbocycles. The van der Waals surface area contributed by atoms with E-state index in [1.54, 1.807) is 37.7 Å². The standard InChI is InChI=1S/C37H33N5O4.C32H36N2O3.C22H25NO3.C15H24O3.C10H15NO.C7H9NO.CH4/c1-37(2,3)24-13-14-32-29(17-24)40-35(45-32)27-18-31(44)28(19-30(27)43)36-41-34-23(9-8-12-33(34)46-36)20-42(21-25-10-4-6-15-38-25)22-26-11-5-7-16-39-26;1-7-8-9-10-16-35-28-19-23(30-34-29-20(2)12-11-13-27(29)37-30)21(3)17-24(28)31-33-25-18-22(32(4,5)6)14-15-26(25)36-31;1-4-5-6-7-11-25-20-13-18(16(3)12-17(20)14-24)22-23-21-15(2)9-8-10-19(21)26-22;1-4-5-6-7-8-18-15-10-14(17-3)12(2)9-13(15)11-16;1-10(2,3)7-4-5-9(12)8(11)6-7;1-5-3-2-4-6(9)7(5)8;/h4-19,43-44H,20-22H2,1-3H3;11-15,17-19H,7-10,16H2,1-6H3;8-10,12-14H,4-7,11H2,1-3H3;9-10,16H,4-8,11H2,1-3H3;4-6,12H,11H2,1-3H3;2-4,9H,8H2,1H3;1H4. The van der Waals surface area contributed by atoms with Gasteiger partial charge in [0.05, 0.1) is 78.6 Å². The van der Waals surface area contributed by atoms with Crippen LogP contribution in [0.3, 0.4) is 0 Å². The van der Waals surface area contributed by atoms with E-state index in [0.29, 0.717) is 102 Å². The average molecular weight is 2020 g/mol. The fraction of sp³-hybridized carbons (Fsp3) is 0.339. The number of aliphatic hydroxyl groups is 1. The van der Waals surface area contributed by atoms with Crippen LogP contribution in [0.2, 0.25) is 0 Å². The zero-order valence-corrected chi connectivity index (χ0v) is 88.9. The highest BCUT2D eigenvalue weighted by Gasteiger charge is 2.28. The molecule has 0 aliphatic rings. The van der Waals surface area contributed by atoms with Gasteiger partial charge in [0.15, 0.2) is 34.2 Å². The number of hydrogen-bond donors (Lipinski definition) is 7. The number of phenols is 4. The monoisotopic (exact) mass is 2020 g/mol. The summed E-state index contributed by atoms with van der Waals surface area (Å²) in [5.74, 6) is 5.06. The third kappa shape index (κ3) is 29.6. The molecule has 782 valence electrons. The van der Waals surface area contributed by atoms with Crippen LogP contribution in [0.1, 0.15) is 251 Å². The van der Waals surface area contributed by atoms with Crippen LogP contribution < -0.4 is 30.4 Å². The van der Waals surface area contributed by atoms with Crippen molar-refractivity contribution in [3.8, 4) is 103 Å². The van der Waals surface area contributed by atoms with E-state index >= 15 is 0 Å². The van der Waals surface area contributed by atoms with E-state index in [9.17, 15) is 25.2 Å². The molecule has 18 aromatic rings. The first-order chi connectivity index (χ1) is 70.9. The lowest BCUT2D eigenvalue weighted by Gasteiger charge is -2.22. The van der Waals surface area contributed by atoms with Crippen LogP contribution in [0.5, 0.6) is 46.0 Å². The summed E-state index contributed by atoms with van der Waals surface area (Å²) in [6.07, 6.45) is 18.2. The summed E-state index contributed by atoms with van der Waals surface area (Å²) in [6, 6.07) is 66.5. The molecular weight excluding hydrogens is 1870 g/mol. The first kappa shape index (κ1) is 112. The van der Waals surface area contributed by atoms with Crippen LogP contribution in [0.15, 0.2) is 247 Å². The maximum atomic E-state index is 11.4. The number of carbonyl (C=O) groups excluding carboxylic acids is 1. The first-order valence-corrected chi connectivity index (χ1v) is 51.0. The summed E-state index contributed by atoms with van der Waals surface area (Å²) in [6.45, 7) is 41.5. The Balaban J connectivity index is 0.000000171. The maximum absolute atomic E-state index is 11.4. The Morgan fingerprint density at radius 1 is 0.356 bits per heavy atom. The number of rotatable bonds is 32. The minimum Gasteiger partial charge on any atom is -0.507 e. The highest BCUT2D eigenvalue weighted by molar-refractivity contribution is 5.88. The molecule has 0 spiro atoms. The number of para-hydroxylation sites is 4. The number of benzene rings is 11. The number of aldehydes is 1. The Kier molecular flexibility index (Phi) is 39.1. The number of aliphatic hydroxyl groups excluding tert-OH is 1. The van der Waals surface area contributed by atoms with E-state index in [2.05, 4.69) is 133 Å². The molecule has 0 saturated heterocycles. The minimum atomic E-state index is -0.120. The van der Waals surface area contributed by atoms with Gasteiger partial charge >= 0.3 is 0 Å². The molecule has 0 saturated carbocycles. The Morgan fingerprint density at radius 2 is 0.785 bits per heavy atom. The summed E-state index contributed by atoms with van der Waals surface area (Å²) in [7, 11) is 1.64. The Morgan fingerprint density at radius 3 is 1.24 bits per heavy atom. The molecule has 0 radical (unpaired) electrons. The Hall–Kier alpha value is -15.3. The molecule has 25 heteroatoms. The molecule has 0 aliphatic carbocycles. The van der Waals surface area contributed by atoms with Crippen molar-refractivity contribution in [1.82, 2.24) is 39.8 Å². The summed E-state index contributed by atoms with van der Waals surface area (Å²) in [5.41, 5.74) is 36.3. The third-order valence-electron chi connectivity index (χ3n) is 25.7. The van der Waals surface area contributed by atoms with Crippen molar-refractivity contribution < 1.29 is 71.4 Å². The lowest BCUT2D eigenvalue weighted by Crippen LogP contribution is -2.23. The van der Waals surface area contributed by atoms with Crippen LogP contribution in [0.4, 0.5) is 11.4 Å². The molecule has 9 N–H and O–H groups in total. The van der Waals surface area contributed by atoms with Gasteiger partial charge in [0.2, 0.25) is 29.5 Å². The highest BCUT2D eigenvalue weighted by atomic mass is 16.5. The van der Waals surface area contributed by atoms with E-state index in [4.69, 9.17) is 72.6 Å². The van der Waals surface area contributed by atoms with Crippen molar-refractivity contribution in [3.05, 3.63) is 303 Å². The normalized spacial score (nSPS) is 11.4. The number of nitrogens with zero attached hydrogens (tertiary/aromatic N) is 8. The number of aromatic hydroxyl groups is 4. The number of carbonyl (C=O) groups is 1. The molecule has 7 aromatic heterocycles. The molecule has 0 amide bonds. The zero-order valence-electron chi connectivity index (χ0n) is 88.9. The number of anilines is 2. The van der Waals surface area contributed by atoms with E-state index in [1.807, 2.05) is 198 Å². The number of nitrogens with two attached hydrogens (primary N) is 2. The van der Waals surface area contributed by atoms with Crippen molar-refractivity contribution in [1.29, 1.82) is 0 Å². The molecule has 7 heterocycles. The van der Waals surface area contributed by atoms with E-state index in [1.165, 1.54) is 62.6 Å². The van der Waals surface area contributed by atoms with Crippen LogP contribution in [0.25, 0.3) is 113 Å². The van der Waals surface area contributed by atoms with E-state index in [-0.39, 0.29) is 76.2 Å². The summed E-state index contributed by atoms with van der Waals surface area (Å²) in [4.78, 5) is 46.5. The number of methoxy groups -OCH3 is 1. The number of ether oxygens (including phenoxy) is 4. The quantitative estimate of drug-likeness (QED) is 0.00677. The van der Waals surface area contributed by atoms with Crippen molar-refractivity contribution in [2.24, 2.45) is 0 Å². The van der Waals surface area contributed by atoms with Crippen LogP contribution in [0, 0.1) is 41.5 Å². The zero-order chi connectivity index (χ0) is 106. The number of aryl methyl sites for hydroxylation is 6. The second-order valence-electron chi connectivity index (χ2n) is 40.6. The number of nitrogen functional groups attached to an aromatic ring is 2. The predicted molar refractivity (Wildman–Crippen MR) is 599 cm³/mol. The fourth-order valence-electron chi connectivity index (χ4n) is 16.8. The Labute approximate surface area is 875 Å². The van der Waals surface area contributed by atoms with Gasteiger partial charge in [-0.05, 0) is 260 Å². The topological polar surface area (TPSA) is 366 Å². The summed E-state index contributed by atoms with van der Waals surface area (Å²) >= 11 is 0. The lowest BCUT2D eigenvalue weighted by molar-refractivity contribution is 0.111. The van der Waals surface area contributed by atoms with Gasteiger partial charge in [-0.2, -0.15) is 0 Å². The van der Waals surface area contributed by atoms with Gasteiger partial charge in [-0.3, -0.25) is 19.7 Å². The number of fused-ring (bicyclic) bond motifs is 5. The highest BCUT2D eigenvalue weighted by Crippen LogP contribution is 2.45.